The molecule has 0 aliphatic carbocycles. The number of hydrogen-bond acceptors (Lipinski definition) is 14. The van der Waals surface area contributed by atoms with Gasteiger partial charge in [-0.3, -0.25) is 59.8 Å². The van der Waals surface area contributed by atoms with E-state index in [0.29, 0.717) is 11.4 Å². The van der Waals surface area contributed by atoms with Crippen LogP contribution in [0.5, 0.6) is 0 Å². The van der Waals surface area contributed by atoms with Gasteiger partial charge in [0.2, 0.25) is 0 Å². The number of pyridine rings is 12. The monoisotopic (exact) mass is 1170 g/mol. The fraction of sp³-hybridized carbons (Fsp3) is 0. The molecule has 0 saturated heterocycles. The van der Waals surface area contributed by atoms with Gasteiger partial charge in [-0.2, -0.15) is 10.2 Å². The zero-order valence-electron chi connectivity index (χ0n) is 40.5. The number of azo groups is 1. The van der Waals surface area contributed by atoms with Crippen LogP contribution in [0, 0.1) is 0 Å². The molecular weight excluding hydrogens is 1120 g/mol. The van der Waals surface area contributed by atoms with E-state index in [1.54, 1.807) is 86.5 Å². The quantitative estimate of drug-likeness (QED) is 0.104. The zero-order chi connectivity index (χ0) is 50.5. The number of hydrogen-bond donors (Lipinski definition) is 0. The predicted molar refractivity (Wildman–Crippen MR) is 289 cm³/mol. The average Bonchev–Trinajstić information content (AvgIpc) is 3.52. The Morgan fingerprint density at radius 1 is 0.171 bits per heavy atom. The first-order valence-electron chi connectivity index (χ1n) is 23.2. The van der Waals surface area contributed by atoms with Gasteiger partial charge in [0.05, 0.1) is 79.7 Å². The molecule has 16 heteroatoms. The van der Waals surface area contributed by atoms with Crippen molar-refractivity contribution in [2.24, 2.45) is 10.2 Å². The SMILES string of the molecule is [Ru+2].[Ru+2].c1ccc(-c2cc(N=Nc3ccnc(-c4ccccn4)c3)ccn2)nc1.c1ccc(-c2ccccn2)nc1.c1ccc(-c2ccccn2)nc1.c1ccc(-c2ccccn2)nc1.c1ccc(-c2ccccn2)nc1. The average molecular weight is 1170 g/mol. The first-order chi connectivity index (χ1) is 36.7. The molecule has 76 heavy (non-hydrogen) atoms. The maximum absolute atomic E-state index is 4.34. The molecule has 0 aromatic carbocycles. The minimum atomic E-state index is 0. The topological polar surface area (TPSA) is 179 Å². The van der Waals surface area contributed by atoms with Gasteiger partial charge in [-0.1, -0.05) is 60.7 Å². The van der Waals surface area contributed by atoms with Crippen molar-refractivity contribution < 1.29 is 39.0 Å². The van der Waals surface area contributed by atoms with Crippen LogP contribution in [-0.4, -0.2) is 59.8 Å². The second kappa shape index (κ2) is 32.0. The van der Waals surface area contributed by atoms with Gasteiger partial charge in [0.1, 0.15) is 0 Å². The van der Waals surface area contributed by atoms with E-state index in [2.05, 4.69) is 70.0 Å². The standard InChI is InChI=1S/C20H14N6.4C10H8N2.2Ru/c1-3-9-21-17(5-1)19-13-15(7-11-23-19)25-26-16-8-12-24-20(14-16)18-6-2-4-10-22-18;4*1-3-7-11-9(5-1)10-6-2-4-8-12-10;;/h1-14H;4*1-8H;;/q;;;;;2*+2. The zero-order valence-corrected chi connectivity index (χ0v) is 44.0. The first kappa shape index (κ1) is 56.0. The van der Waals surface area contributed by atoms with Crippen molar-refractivity contribution in [2.75, 3.05) is 0 Å². The molecule has 0 fully saturated rings. The number of nitrogens with zero attached hydrogens (tertiary/aromatic N) is 14. The van der Waals surface area contributed by atoms with Crippen LogP contribution in [0.1, 0.15) is 0 Å². The smallest absolute Gasteiger partial charge is 0.255 e. The molecule has 0 N–H and O–H groups in total. The summed E-state index contributed by atoms with van der Waals surface area (Å²) in [5.41, 5.74) is 11.8. The van der Waals surface area contributed by atoms with Gasteiger partial charge in [0.15, 0.2) is 0 Å². The molecule has 12 heterocycles. The summed E-state index contributed by atoms with van der Waals surface area (Å²) < 4.78 is 0. The molecule has 0 unspecified atom stereocenters. The maximum atomic E-state index is 4.34. The van der Waals surface area contributed by atoms with Crippen LogP contribution in [0.4, 0.5) is 11.4 Å². The Labute approximate surface area is 466 Å². The van der Waals surface area contributed by atoms with Crippen LogP contribution in [0.25, 0.3) is 68.3 Å². The molecule has 14 nitrogen and oxygen atoms in total. The third-order valence-electron chi connectivity index (χ3n) is 9.99. The summed E-state index contributed by atoms with van der Waals surface area (Å²) in [4.78, 5) is 50.8. The molecule has 0 radical (unpaired) electrons. The largest absolute Gasteiger partial charge is 2.00 e. The summed E-state index contributed by atoms with van der Waals surface area (Å²) in [6.07, 6.45) is 21.0. The van der Waals surface area contributed by atoms with Crippen molar-refractivity contribution in [1.29, 1.82) is 0 Å². The van der Waals surface area contributed by atoms with E-state index in [-0.39, 0.29) is 39.0 Å². The summed E-state index contributed by atoms with van der Waals surface area (Å²) in [6, 6.07) is 65.1. The first-order valence-corrected chi connectivity index (χ1v) is 23.2. The molecule has 0 bridgehead atoms. The molecule has 368 valence electrons. The molecule has 12 aromatic rings. The minimum absolute atomic E-state index is 0. The molecule has 0 aliphatic rings. The van der Waals surface area contributed by atoms with Crippen LogP contribution in [0.3, 0.4) is 0 Å². The molecular formula is C60H46N14Ru2+4. The van der Waals surface area contributed by atoms with Gasteiger partial charge < -0.3 is 0 Å². The fourth-order valence-electron chi connectivity index (χ4n) is 6.50. The van der Waals surface area contributed by atoms with Crippen LogP contribution < -0.4 is 0 Å². The molecule has 0 atom stereocenters. The van der Waals surface area contributed by atoms with E-state index in [1.807, 2.05) is 194 Å². The fourth-order valence-corrected chi connectivity index (χ4v) is 6.50. The summed E-state index contributed by atoms with van der Waals surface area (Å²) >= 11 is 0. The molecule has 12 aromatic heterocycles. The Morgan fingerprint density at radius 3 is 0.487 bits per heavy atom. The molecule has 0 saturated carbocycles. The van der Waals surface area contributed by atoms with Crippen molar-refractivity contribution in [3.05, 3.63) is 281 Å². The van der Waals surface area contributed by atoms with Crippen molar-refractivity contribution in [3.63, 3.8) is 0 Å². The molecule has 0 spiro atoms. The van der Waals surface area contributed by atoms with Gasteiger partial charge in [-0.25, -0.2) is 0 Å². The van der Waals surface area contributed by atoms with Crippen LogP contribution in [0.15, 0.2) is 291 Å². The Morgan fingerprint density at radius 2 is 0.329 bits per heavy atom. The van der Waals surface area contributed by atoms with Crippen molar-refractivity contribution in [2.45, 2.75) is 0 Å². The van der Waals surface area contributed by atoms with E-state index in [0.717, 1.165) is 68.3 Å². The number of aromatic nitrogens is 12. The second-order valence-electron chi connectivity index (χ2n) is 15.1. The van der Waals surface area contributed by atoms with E-state index < -0.39 is 0 Å². The van der Waals surface area contributed by atoms with Crippen LogP contribution in [-0.2, 0) is 39.0 Å². The third kappa shape index (κ3) is 18.3. The van der Waals surface area contributed by atoms with Crippen LogP contribution >= 0.6 is 0 Å². The Bertz CT molecular complexity index is 2930. The molecule has 0 amide bonds. The summed E-state index contributed by atoms with van der Waals surface area (Å²) in [6.45, 7) is 0. The van der Waals surface area contributed by atoms with Crippen molar-refractivity contribution >= 4 is 11.4 Å². The maximum Gasteiger partial charge on any atom is 2.00 e. The third-order valence-corrected chi connectivity index (χ3v) is 9.99. The van der Waals surface area contributed by atoms with Crippen molar-refractivity contribution in [1.82, 2.24) is 59.8 Å². The number of rotatable bonds is 8. The minimum Gasteiger partial charge on any atom is -0.255 e. The summed E-state index contributed by atoms with van der Waals surface area (Å²) in [5, 5.41) is 8.61. The van der Waals surface area contributed by atoms with Gasteiger partial charge >= 0.3 is 39.0 Å². The normalized spacial score (nSPS) is 9.84. The summed E-state index contributed by atoms with van der Waals surface area (Å²) in [5.74, 6) is 0. The van der Waals surface area contributed by atoms with Gasteiger partial charge in [-0.15, -0.1) is 0 Å². The molecule has 0 aliphatic heterocycles. The van der Waals surface area contributed by atoms with Crippen LogP contribution in [0.2, 0.25) is 0 Å². The Kier molecular flexibility index (Phi) is 23.5. The van der Waals surface area contributed by atoms with E-state index in [9.17, 15) is 0 Å². The van der Waals surface area contributed by atoms with Crippen molar-refractivity contribution in [3.8, 4) is 68.3 Å². The predicted octanol–water partition coefficient (Wildman–Crippen LogP) is 13.6. The Balaban J connectivity index is 0.000000161. The Hall–Kier alpha value is -9.35. The second-order valence-corrected chi connectivity index (χ2v) is 15.1. The summed E-state index contributed by atoms with van der Waals surface area (Å²) in [7, 11) is 0. The van der Waals surface area contributed by atoms with Gasteiger partial charge in [0.25, 0.3) is 0 Å². The van der Waals surface area contributed by atoms with Gasteiger partial charge in [-0.05, 0) is 146 Å². The van der Waals surface area contributed by atoms with E-state index >= 15 is 0 Å². The van der Waals surface area contributed by atoms with Gasteiger partial charge in [0, 0.05) is 74.4 Å². The van der Waals surface area contributed by atoms with E-state index in [4.69, 9.17) is 0 Å². The van der Waals surface area contributed by atoms with E-state index in [1.165, 1.54) is 0 Å². The molecule has 12 rings (SSSR count).